The van der Waals surface area contributed by atoms with Crippen LogP contribution in [0.15, 0.2) is 35.4 Å². The number of sulfonamides is 1. The molecule has 0 spiro atoms. The number of hydrogen-bond donors (Lipinski definition) is 1. The molecule has 0 fully saturated rings. The molecule has 0 amide bonds. The zero-order valence-electron chi connectivity index (χ0n) is 13.0. The number of ether oxygens (including phenoxy) is 1. The van der Waals surface area contributed by atoms with Crippen LogP contribution in [0.25, 0.3) is 0 Å². The maximum atomic E-state index is 12.4. The molecule has 6 nitrogen and oxygen atoms in total. The van der Waals surface area contributed by atoms with Crippen molar-refractivity contribution in [3.05, 3.63) is 41.7 Å². The van der Waals surface area contributed by atoms with Crippen LogP contribution in [0.3, 0.4) is 0 Å². The topological polar surface area (TPSA) is 73.2 Å². The molecule has 0 saturated carbocycles. The van der Waals surface area contributed by atoms with Crippen molar-refractivity contribution >= 4 is 10.0 Å². The predicted octanol–water partition coefficient (Wildman–Crippen LogP) is 2.20. The average molecular weight is 363 g/mol. The number of nitrogens with one attached hydrogen (secondary N) is 1. The lowest BCUT2D eigenvalue weighted by atomic mass is 10.2. The van der Waals surface area contributed by atoms with Gasteiger partial charge < -0.3 is 4.74 Å². The summed E-state index contributed by atoms with van der Waals surface area (Å²) in [5.41, 5.74) is -0.363. The molecule has 0 atom stereocenters. The van der Waals surface area contributed by atoms with Crippen molar-refractivity contribution in [1.82, 2.24) is 14.5 Å². The minimum absolute atomic E-state index is 0.0234. The summed E-state index contributed by atoms with van der Waals surface area (Å²) in [6, 6.07) is 5.22. The molecule has 0 aliphatic carbocycles. The van der Waals surface area contributed by atoms with Gasteiger partial charge in [0.15, 0.2) is 5.69 Å². The van der Waals surface area contributed by atoms with Crippen molar-refractivity contribution in [2.24, 2.45) is 0 Å². The van der Waals surface area contributed by atoms with Gasteiger partial charge in [-0.1, -0.05) is 0 Å². The van der Waals surface area contributed by atoms with Gasteiger partial charge in [-0.25, -0.2) is 13.1 Å². The van der Waals surface area contributed by atoms with Gasteiger partial charge in [-0.3, -0.25) is 4.68 Å². The summed E-state index contributed by atoms with van der Waals surface area (Å²) < 4.78 is 70.1. The summed E-state index contributed by atoms with van der Waals surface area (Å²) in [7, 11) is -2.29. The lowest BCUT2D eigenvalue weighted by Gasteiger charge is -2.10. The Labute approximate surface area is 137 Å². The fraction of sp³-hybridized carbons (Fsp3) is 0.357. The van der Waals surface area contributed by atoms with Crippen LogP contribution in [0.5, 0.6) is 5.75 Å². The third-order valence-electron chi connectivity index (χ3n) is 3.24. The van der Waals surface area contributed by atoms with Crippen LogP contribution in [0, 0.1) is 6.92 Å². The lowest BCUT2D eigenvalue weighted by molar-refractivity contribution is -0.141. The fourth-order valence-electron chi connectivity index (χ4n) is 2.03. The van der Waals surface area contributed by atoms with Crippen LogP contribution in [0.1, 0.15) is 11.3 Å². The minimum Gasteiger partial charge on any atom is -0.496 e. The van der Waals surface area contributed by atoms with E-state index in [0.29, 0.717) is 11.3 Å². The quantitative estimate of drug-likeness (QED) is 0.854. The second-order valence-electron chi connectivity index (χ2n) is 4.99. The van der Waals surface area contributed by atoms with Crippen molar-refractivity contribution in [3.8, 4) is 5.75 Å². The molecule has 2 rings (SSSR count). The predicted molar refractivity (Wildman–Crippen MR) is 80.1 cm³/mol. The number of benzene rings is 1. The number of alkyl halides is 3. The molecule has 24 heavy (non-hydrogen) atoms. The molecular weight excluding hydrogens is 347 g/mol. The summed E-state index contributed by atoms with van der Waals surface area (Å²) in [5.74, 6) is 0.560. The Balaban J connectivity index is 2.00. The van der Waals surface area contributed by atoms with Crippen molar-refractivity contribution in [2.75, 3.05) is 13.7 Å². The van der Waals surface area contributed by atoms with Crippen LogP contribution in [-0.4, -0.2) is 31.9 Å². The molecule has 132 valence electrons. The maximum Gasteiger partial charge on any atom is 0.435 e. The Kier molecular flexibility index (Phi) is 5.19. The number of halogens is 3. The highest BCUT2D eigenvalue weighted by molar-refractivity contribution is 7.89. The lowest BCUT2D eigenvalue weighted by Crippen LogP contribution is -2.27. The van der Waals surface area contributed by atoms with Gasteiger partial charge in [0.2, 0.25) is 10.0 Å². The molecule has 1 aromatic heterocycles. The van der Waals surface area contributed by atoms with E-state index in [1.165, 1.54) is 25.3 Å². The summed E-state index contributed by atoms with van der Waals surface area (Å²) in [6.45, 7) is 1.59. The molecule has 0 aliphatic rings. The van der Waals surface area contributed by atoms with Crippen LogP contribution in [-0.2, 0) is 22.7 Å². The van der Waals surface area contributed by atoms with E-state index in [1.807, 2.05) is 0 Å². The van der Waals surface area contributed by atoms with Crippen molar-refractivity contribution in [3.63, 3.8) is 0 Å². The van der Waals surface area contributed by atoms with E-state index >= 15 is 0 Å². The number of hydrogen-bond acceptors (Lipinski definition) is 4. The van der Waals surface area contributed by atoms with E-state index in [0.717, 1.165) is 16.9 Å². The van der Waals surface area contributed by atoms with E-state index in [2.05, 4.69) is 9.82 Å². The SMILES string of the molecule is COc1ccc(S(=O)(=O)NCCn2ccc(C(F)(F)F)n2)cc1C. The molecule has 1 N–H and O–H groups in total. The van der Waals surface area contributed by atoms with Crippen LogP contribution in [0.4, 0.5) is 13.2 Å². The average Bonchev–Trinajstić information content (AvgIpc) is 2.96. The van der Waals surface area contributed by atoms with Crippen molar-refractivity contribution < 1.29 is 26.3 Å². The van der Waals surface area contributed by atoms with Gasteiger partial charge in [0.05, 0.1) is 18.6 Å². The van der Waals surface area contributed by atoms with Gasteiger partial charge in [-0.2, -0.15) is 18.3 Å². The molecule has 2 aromatic rings. The number of methoxy groups -OCH3 is 1. The third kappa shape index (κ3) is 4.26. The molecule has 1 aromatic carbocycles. The number of aryl methyl sites for hydroxylation is 1. The molecule has 0 saturated heterocycles. The van der Waals surface area contributed by atoms with E-state index in [9.17, 15) is 21.6 Å². The van der Waals surface area contributed by atoms with Crippen LogP contribution >= 0.6 is 0 Å². The Bertz CT molecular complexity index is 816. The minimum atomic E-state index is -4.52. The van der Waals surface area contributed by atoms with E-state index < -0.39 is 21.9 Å². The van der Waals surface area contributed by atoms with Crippen LogP contribution in [0.2, 0.25) is 0 Å². The Morgan fingerprint density at radius 1 is 1.29 bits per heavy atom. The molecule has 1 heterocycles. The Morgan fingerprint density at radius 2 is 2.00 bits per heavy atom. The molecule has 0 unspecified atom stereocenters. The standard InChI is InChI=1S/C14H16F3N3O3S/c1-10-9-11(3-4-12(10)23-2)24(21,22)18-6-8-20-7-5-13(19-20)14(15,16)17/h3-5,7,9,18H,6,8H2,1-2H3. The van der Waals surface area contributed by atoms with Crippen molar-refractivity contribution in [2.45, 2.75) is 24.5 Å². The highest BCUT2D eigenvalue weighted by Gasteiger charge is 2.33. The molecule has 10 heteroatoms. The first-order valence-corrected chi connectivity index (χ1v) is 8.37. The molecule has 0 bridgehead atoms. The summed E-state index contributed by atoms with van der Waals surface area (Å²) >= 11 is 0. The number of nitrogens with zero attached hydrogens (tertiary/aromatic N) is 2. The third-order valence-corrected chi connectivity index (χ3v) is 4.70. The first-order chi connectivity index (χ1) is 11.1. The van der Waals surface area contributed by atoms with Gasteiger partial charge in [0.25, 0.3) is 0 Å². The van der Waals surface area contributed by atoms with Gasteiger partial charge in [-0.15, -0.1) is 0 Å². The second-order valence-corrected chi connectivity index (χ2v) is 6.76. The second kappa shape index (κ2) is 6.81. The molecule has 0 aliphatic heterocycles. The Morgan fingerprint density at radius 3 is 2.54 bits per heavy atom. The van der Waals surface area contributed by atoms with Crippen LogP contribution < -0.4 is 9.46 Å². The first-order valence-electron chi connectivity index (χ1n) is 6.88. The monoisotopic (exact) mass is 363 g/mol. The van der Waals surface area contributed by atoms with Gasteiger partial charge >= 0.3 is 6.18 Å². The Hall–Kier alpha value is -2.07. The summed E-state index contributed by atoms with van der Waals surface area (Å²) in [5, 5.41) is 3.35. The largest absolute Gasteiger partial charge is 0.496 e. The normalized spacial score (nSPS) is 12.4. The maximum absolute atomic E-state index is 12.4. The zero-order chi connectivity index (χ0) is 18.0. The smallest absolute Gasteiger partial charge is 0.435 e. The first kappa shape index (κ1) is 18.3. The van der Waals surface area contributed by atoms with Gasteiger partial charge in [-0.05, 0) is 36.8 Å². The zero-order valence-corrected chi connectivity index (χ0v) is 13.8. The van der Waals surface area contributed by atoms with E-state index in [-0.39, 0.29) is 18.0 Å². The summed E-state index contributed by atoms with van der Waals surface area (Å²) in [4.78, 5) is 0.0530. The fourth-order valence-corrected chi connectivity index (χ4v) is 3.14. The van der Waals surface area contributed by atoms with Crippen molar-refractivity contribution in [1.29, 1.82) is 0 Å². The molecule has 0 radical (unpaired) electrons. The van der Waals surface area contributed by atoms with E-state index in [4.69, 9.17) is 4.74 Å². The van der Waals surface area contributed by atoms with E-state index in [1.54, 1.807) is 6.92 Å². The summed E-state index contributed by atoms with van der Waals surface area (Å²) in [6.07, 6.45) is -3.37. The highest BCUT2D eigenvalue weighted by Crippen LogP contribution is 2.27. The van der Waals surface area contributed by atoms with Gasteiger partial charge in [0, 0.05) is 12.7 Å². The number of aromatic nitrogens is 2. The number of rotatable bonds is 6. The highest BCUT2D eigenvalue weighted by atomic mass is 32.2. The van der Waals surface area contributed by atoms with Gasteiger partial charge in [0.1, 0.15) is 5.75 Å². The molecular formula is C14H16F3N3O3S.